The smallest absolute Gasteiger partial charge is 0.162 e. The molecule has 13 heavy (non-hydrogen) atoms. The van der Waals surface area contributed by atoms with Gasteiger partial charge in [0.05, 0.1) is 0 Å². The fourth-order valence-corrected chi connectivity index (χ4v) is 1.56. The van der Waals surface area contributed by atoms with Crippen molar-refractivity contribution in [2.24, 2.45) is 5.41 Å². The highest BCUT2D eigenvalue weighted by molar-refractivity contribution is 5.84. The van der Waals surface area contributed by atoms with E-state index >= 15 is 0 Å². The maximum atomic E-state index is 11.5. The summed E-state index contributed by atoms with van der Waals surface area (Å²) in [4.78, 5) is 11.5. The normalized spacial score (nSPS) is 33.4. The predicted octanol–water partition coefficient (Wildman–Crippen LogP) is 1.49. The lowest BCUT2D eigenvalue weighted by Crippen LogP contribution is -2.46. The Labute approximate surface area is 79.1 Å². The highest BCUT2D eigenvalue weighted by Crippen LogP contribution is 2.33. The molecule has 0 amide bonds. The maximum Gasteiger partial charge on any atom is 0.162 e. The van der Waals surface area contributed by atoms with Crippen LogP contribution in [0.25, 0.3) is 0 Å². The second kappa shape index (κ2) is 3.76. The summed E-state index contributed by atoms with van der Waals surface area (Å²) in [5.74, 6) is 0.122. The molecule has 0 aliphatic carbocycles. The van der Waals surface area contributed by atoms with Crippen LogP contribution in [-0.4, -0.2) is 23.3 Å². The van der Waals surface area contributed by atoms with Crippen molar-refractivity contribution in [2.45, 2.75) is 52.4 Å². The Morgan fingerprint density at radius 2 is 2.23 bits per heavy atom. The van der Waals surface area contributed by atoms with Crippen LogP contribution in [0.2, 0.25) is 0 Å². The minimum absolute atomic E-state index is 0.122. The van der Waals surface area contributed by atoms with Gasteiger partial charge >= 0.3 is 0 Å². The van der Waals surface area contributed by atoms with Gasteiger partial charge in [0.1, 0.15) is 6.10 Å². The van der Waals surface area contributed by atoms with E-state index in [2.05, 4.69) is 0 Å². The van der Waals surface area contributed by atoms with Crippen LogP contribution >= 0.6 is 0 Å². The summed E-state index contributed by atoms with van der Waals surface area (Å²) in [5.41, 5.74) is -0.429. The molecule has 0 spiro atoms. The molecule has 2 unspecified atom stereocenters. The molecule has 0 radical (unpaired) electrons. The number of rotatable bonds is 2. The van der Waals surface area contributed by atoms with Crippen LogP contribution in [0.4, 0.5) is 0 Å². The minimum Gasteiger partial charge on any atom is -0.367 e. The molecule has 0 aromatic heterocycles. The number of ketones is 1. The second-order valence-corrected chi connectivity index (χ2v) is 4.40. The molecule has 1 N–H and O–H groups in total. The molecular weight excluding hydrogens is 168 g/mol. The third-order valence-electron chi connectivity index (χ3n) is 2.50. The number of aliphatic hydroxyl groups excluding tert-OH is 1. The predicted molar refractivity (Wildman–Crippen MR) is 49.2 cm³/mol. The van der Waals surface area contributed by atoms with Crippen LogP contribution < -0.4 is 0 Å². The van der Waals surface area contributed by atoms with Gasteiger partial charge in [-0.05, 0) is 6.42 Å². The Morgan fingerprint density at radius 1 is 1.62 bits per heavy atom. The van der Waals surface area contributed by atoms with Crippen molar-refractivity contribution in [2.75, 3.05) is 0 Å². The molecule has 2 atom stereocenters. The van der Waals surface area contributed by atoms with Crippen molar-refractivity contribution in [3.8, 4) is 0 Å². The van der Waals surface area contributed by atoms with Gasteiger partial charge in [0.15, 0.2) is 12.1 Å². The number of aliphatic hydroxyl groups is 1. The molecule has 1 aliphatic heterocycles. The quantitative estimate of drug-likeness (QED) is 0.710. The molecule has 1 heterocycles. The number of hydrogen-bond acceptors (Lipinski definition) is 3. The topological polar surface area (TPSA) is 46.5 Å². The maximum absolute atomic E-state index is 11.5. The SMILES string of the molecule is CCCC1OC(O)C(C)(C)CC1=O. The van der Waals surface area contributed by atoms with Crippen LogP contribution in [0.1, 0.15) is 40.0 Å². The van der Waals surface area contributed by atoms with E-state index in [9.17, 15) is 9.90 Å². The van der Waals surface area contributed by atoms with Gasteiger partial charge in [-0.3, -0.25) is 4.79 Å². The number of Topliss-reactive ketones (excluding diaryl/α,β-unsaturated/α-hetero) is 1. The van der Waals surface area contributed by atoms with Crippen LogP contribution in [-0.2, 0) is 9.53 Å². The first-order valence-corrected chi connectivity index (χ1v) is 4.83. The highest BCUT2D eigenvalue weighted by Gasteiger charge is 2.40. The summed E-state index contributed by atoms with van der Waals surface area (Å²) in [5, 5.41) is 9.58. The van der Waals surface area contributed by atoms with Crippen LogP contribution in [0.15, 0.2) is 0 Å². The van der Waals surface area contributed by atoms with Gasteiger partial charge in [0, 0.05) is 11.8 Å². The van der Waals surface area contributed by atoms with E-state index in [1.54, 1.807) is 0 Å². The molecular formula is C10H18O3. The Kier molecular flexibility index (Phi) is 3.09. The van der Waals surface area contributed by atoms with Crippen molar-refractivity contribution in [1.82, 2.24) is 0 Å². The van der Waals surface area contributed by atoms with E-state index in [4.69, 9.17) is 4.74 Å². The van der Waals surface area contributed by atoms with Gasteiger partial charge in [-0.1, -0.05) is 27.2 Å². The first-order chi connectivity index (χ1) is 5.97. The lowest BCUT2D eigenvalue weighted by molar-refractivity contribution is -0.218. The van der Waals surface area contributed by atoms with Crippen molar-refractivity contribution in [3.05, 3.63) is 0 Å². The zero-order chi connectivity index (χ0) is 10.1. The summed E-state index contributed by atoms with van der Waals surface area (Å²) in [6, 6.07) is 0. The fraction of sp³-hybridized carbons (Fsp3) is 0.900. The third kappa shape index (κ3) is 2.29. The summed E-state index contributed by atoms with van der Waals surface area (Å²) in [7, 11) is 0. The largest absolute Gasteiger partial charge is 0.367 e. The number of hydrogen-bond donors (Lipinski definition) is 1. The zero-order valence-corrected chi connectivity index (χ0v) is 8.54. The van der Waals surface area contributed by atoms with Crippen LogP contribution in [0.3, 0.4) is 0 Å². The average molecular weight is 186 g/mol. The van der Waals surface area contributed by atoms with E-state index < -0.39 is 11.7 Å². The third-order valence-corrected chi connectivity index (χ3v) is 2.50. The highest BCUT2D eigenvalue weighted by atomic mass is 16.6. The Hall–Kier alpha value is -0.410. The second-order valence-electron chi connectivity index (χ2n) is 4.40. The molecule has 0 bridgehead atoms. The summed E-state index contributed by atoms with van der Waals surface area (Å²) in [6.45, 7) is 5.69. The van der Waals surface area contributed by atoms with Gasteiger partial charge in [0.25, 0.3) is 0 Å². The summed E-state index contributed by atoms with van der Waals surface area (Å²) < 4.78 is 5.26. The molecule has 0 saturated carbocycles. The molecule has 1 fully saturated rings. The van der Waals surface area contributed by atoms with E-state index in [1.165, 1.54) is 0 Å². The molecule has 3 nitrogen and oxygen atoms in total. The molecule has 0 aromatic carbocycles. The molecule has 0 aromatic rings. The zero-order valence-electron chi connectivity index (χ0n) is 8.54. The van der Waals surface area contributed by atoms with E-state index in [-0.39, 0.29) is 11.9 Å². The lowest BCUT2D eigenvalue weighted by Gasteiger charge is -2.37. The van der Waals surface area contributed by atoms with Crippen molar-refractivity contribution < 1.29 is 14.6 Å². The fourth-order valence-electron chi connectivity index (χ4n) is 1.56. The van der Waals surface area contributed by atoms with Gasteiger partial charge in [-0.15, -0.1) is 0 Å². The molecule has 76 valence electrons. The number of ether oxygens (including phenoxy) is 1. The Bertz CT molecular complexity index is 198. The Balaban J connectivity index is 2.62. The lowest BCUT2D eigenvalue weighted by atomic mass is 9.82. The number of carbonyl (C=O) groups excluding carboxylic acids is 1. The van der Waals surface area contributed by atoms with E-state index in [0.717, 1.165) is 6.42 Å². The van der Waals surface area contributed by atoms with Gasteiger partial charge in [-0.25, -0.2) is 0 Å². The molecule has 1 aliphatic rings. The van der Waals surface area contributed by atoms with Crippen molar-refractivity contribution >= 4 is 5.78 Å². The monoisotopic (exact) mass is 186 g/mol. The molecule has 1 saturated heterocycles. The average Bonchev–Trinajstić information content (AvgIpc) is 2.00. The number of carbonyl (C=O) groups is 1. The summed E-state index contributed by atoms with van der Waals surface area (Å²) in [6.07, 6.45) is 0.851. The molecule has 1 rings (SSSR count). The summed E-state index contributed by atoms with van der Waals surface area (Å²) >= 11 is 0. The Morgan fingerprint density at radius 3 is 2.77 bits per heavy atom. The van der Waals surface area contributed by atoms with E-state index in [0.29, 0.717) is 12.8 Å². The first kappa shape index (κ1) is 10.7. The van der Waals surface area contributed by atoms with Gasteiger partial charge in [-0.2, -0.15) is 0 Å². The van der Waals surface area contributed by atoms with Crippen LogP contribution in [0, 0.1) is 5.41 Å². The standard InChI is InChI=1S/C10H18O3/c1-4-5-8-7(11)6-10(2,3)9(12)13-8/h8-9,12H,4-6H2,1-3H3. The van der Waals surface area contributed by atoms with Crippen molar-refractivity contribution in [3.63, 3.8) is 0 Å². The van der Waals surface area contributed by atoms with E-state index in [1.807, 2.05) is 20.8 Å². The van der Waals surface area contributed by atoms with Crippen LogP contribution in [0.5, 0.6) is 0 Å². The van der Waals surface area contributed by atoms with Gasteiger partial charge in [0.2, 0.25) is 0 Å². The minimum atomic E-state index is -0.804. The molecule has 3 heteroatoms. The first-order valence-electron chi connectivity index (χ1n) is 4.83. The van der Waals surface area contributed by atoms with Gasteiger partial charge < -0.3 is 9.84 Å². The van der Waals surface area contributed by atoms with Crippen molar-refractivity contribution in [1.29, 1.82) is 0 Å².